The van der Waals surface area contributed by atoms with Gasteiger partial charge in [-0.2, -0.15) is 17.4 Å². The minimum Gasteiger partial charge on any atom is -0.381 e. The van der Waals surface area contributed by atoms with Crippen molar-refractivity contribution in [1.29, 1.82) is 0 Å². The van der Waals surface area contributed by atoms with Crippen molar-refractivity contribution < 1.29 is 26.7 Å². The van der Waals surface area contributed by atoms with Crippen LogP contribution in [0.1, 0.15) is 51.0 Å². The maximum Gasteiger partial charge on any atom is 0.390 e. The Morgan fingerprint density at radius 2 is 1.76 bits per heavy atom. The van der Waals surface area contributed by atoms with Crippen molar-refractivity contribution in [2.24, 2.45) is 17.8 Å². The molecular weight excluding hydrogens is 505 g/mol. The van der Waals surface area contributed by atoms with Gasteiger partial charge in [0, 0.05) is 57.4 Å². The first-order valence-electron chi connectivity index (χ1n) is 13.3. The van der Waals surface area contributed by atoms with Gasteiger partial charge in [-0.25, -0.2) is 14.3 Å². The van der Waals surface area contributed by atoms with Gasteiger partial charge in [0.15, 0.2) is 0 Å². The van der Waals surface area contributed by atoms with Gasteiger partial charge < -0.3 is 9.64 Å². The monoisotopic (exact) mass is 548 g/mol. The fourth-order valence-corrected chi connectivity index (χ4v) is 7.24. The average Bonchev–Trinajstić information content (AvgIpc) is 2.87. The summed E-state index contributed by atoms with van der Waals surface area (Å²) in [6.45, 7) is 9.71. The van der Waals surface area contributed by atoms with Gasteiger partial charge in [0.05, 0.1) is 18.8 Å². The van der Waals surface area contributed by atoms with Crippen LogP contribution < -0.4 is 4.90 Å². The molecule has 1 aromatic heterocycles. The predicted molar refractivity (Wildman–Crippen MR) is 142 cm³/mol. The molecule has 11 heteroatoms. The lowest BCUT2D eigenvalue weighted by Crippen LogP contribution is -2.55. The van der Waals surface area contributed by atoms with Gasteiger partial charge in [-0.1, -0.05) is 13.0 Å². The molecule has 2 aliphatic rings. The van der Waals surface area contributed by atoms with Gasteiger partial charge in [-0.3, -0.25) is 4.55 Å². The van der Waals surface area contributed by atoms with E-state index >= 15 is 0 Å². The van der Waals surface area contributed by atoms with Gasteiger partial charge in [-0.15, -0.1) is 16.1 Å². The Labute approximate surface area is 219 Å². The van der Waals surface area contributed by atoms with Crippen LogP contribution in [0.4, 0.5) is 19.1 Å². The molecule has 2 fully saturated rings. The molecule has 7 nitrogen and oxygen atoms in total. The quantitative estimate of drug-likeness (QED) is 0.372. The average molecular weight is 549 g/mol. The highest BCUT2D eigenvalue weighted by atomic mass is 32.3. The van der Waals surface area contributed by atoms with Crippen LogP contribution in [0.2, 0.25) is 0 Å². The Hall–Kier alpha value is -1.56. The van der Waals surface area contributed by atoms with Gasteiger partial charge in [0.25, 0.3) is 0 Å². The number of halogens is 3. The van der Waals surface area contributed by atoms with Crippen molar-refractivity contribution in [3.63, 3.8) is 0 Å². The minimum absolute atomic E-state index is 0.231. The Bertz CT molecular complexity index is 922. The number of anilines is 1. The van der Waals surface area contributed by atoms with E-state index in [4.69, 9.17) is 4.74 Å². The van der Waals surface area contributed by atoms with Crippen LogP contribution >= 0.6 is 0 Å². The van der Waals surface area contributed by atoms with Gasteiger partial charge in [0.2, 0.25) is 5.95 Å². The summed E-state index contributed by atoms with van der Waals surface area (Å²) in [5.74, 6) is 1.11. The van der Waals surface area contributed by atoms with E-state index in [-0.39, 0.29) is 11.8 Å². The SMILES string of the molecule is C=C[C@@H](COCC1CCN(S(C)(=O)(O)CCC(F)(F)F)CC1)CC1CCN(c2ncc(CC)cn2)CC1. The molecule has 0 aliphatic carbocycles. The molecule has 2 saturated heterocycles. The van der Waals surface area contributed by atoms with E-state index in [9.17, 15) is 21.9 Å². The summed E-state index contributed by atoms with van der Waals surface area (Å²) in [5, 5.41) is 0. The van der Waals surface area contributed by atoms with Crippen molar-refractivity contribution >= 4 is 15.5 Å². The van der Waals surface area contributed by atoms with Crippen molar-refractivity contribution in [3.8, 4) is 0 Å². The summed E-state index contributed by atoms with van der Waals surface area (Å²) in [4.78, 5) is 11.3. The Morgan fingerprint density at radius 1 is 1.16 bits per heavy atom. The standard InChI is InChI=1S/C26H43F3N4O3S/c1-4-21(16-23-6-11-32(12-7-23)25-30-17-22(5-2)18-31-25)19-36-20-24-8-13-33(14-9-24)37(3,34,35)15-10-26(27,28)29/h4,17-18,21,23-24H,1,5-16,19-20H2,2-3H3,(H,34,35)/t21-/m1/s1. The van der Waals surface area contributed by atoms with Crippen LogP contribution in [0.15, 0.2) is 25.0 Å². The zero-order chi connectivity index (χ0) is 27.1. The molecule has 0 bridgehead atoms. The molecule has 212 valence electrons. The van der Waals surface area contributed by atoms with Crippen LogP contribution in [0.3, 0.4) is 0 Å². The molecule has 0 amide bonds. The largest absolute Gasteiger partial charge is 0.390 e. The zero-order valence-corrected chi connectivity index (χ0v) is 23.0. The summed E-state index contributed by atoms with van der Waals surface area (Å²) in [7, 11) is -4.46. The van der Waals surface area contributed by atoms with Crippen LogP contribution in [-0.2, 0) is 20.7 Å². The summed E-state index contributed by atoms with van der Waals surface area (Å²) in [5.41, 5.74) is 1.14. The molecule has 3 rings (SSSR count). The molecule has 0 radical (unpaired) electrons. The highest BCUT2D eigenvalue weighted by Crippen LogP contribution is 2.33. The molecular formula is C26H43F3N4O3S. The van der Waals surface area contributed by atoms with Crippen molar-refractivity contribution in [3.05, 3.63) is 30.6 Å². The molecule has 0 spiro atoms. The van der Waals surface area contributed by atoms with E-state index in [1.54, 1.807) is 0 Å². The molecule has 1 atom stereocenters. The highest BCUT2D eigenvalue weighted by molar-refractivity contribution is 8.12. The van der Waals surface area contributed by atoms with Gasteiger partial charge in [0.1, 0.15) is 0 Å². The number of aryl methyl sites for hydroxylation is 1. The third kappa shape index (κ3) is 9.30. The van der Waals surface area contributed by atoms with Crippen LogP contribution in [-0.4, -0.2) is 80.6 Å². The first kappa shape index (κ1) is 30.0. The van der Waals surface area contributed by atoms with Crippen LogP contribution in [0.25, 0.3) is 0 Å². The molecule has 37 heavy (non-hydrogen) atoms. The number of hydrogen-bond donors (Lipinski definition) is 1. The van der Waals surface area contributed by atoms with E-state index in [1.165, 1.54) is 4.31 Å². The first-order valence-corrected chi connectivity index (χ1v) is 15.8. The Balaban J connectivity index is 1.35. The number of nitrogens with zero attached hydrogens (tertiary/aromatic N) is 4. The lowest BCUT2D eigenvalue weighted by Gasteiger charge is -2.51. The Kier molecular flexibility index (Phi) is 10.2. The van der Waals surface area contributed by atoms with E-state index in [1.807, 2.05) is 18.5 Å². The van der Waals surface area contributed by atoms with E-state index in [0.717, 1.165) is 56.5 Å². The number of ether oxygens (including phenoxy) is 1. The number of alkyl halides is 3. The summed E-state index contributed by atoms with van der Waals surface area (Å²) in [6, 6.07) is 0. The number of piperidine rings is 2. The fourth-order valence-electron chi connectivity index (χ4n) is 5.13. The van der Waals surface area contributed by atoms with Crippen molar-refractivity contribution in [1.82, 2.24) is 14.3 Å². The predicted octanol–water partition coefficient (Wildman–Crippen LogP) is 4.97. The second-order valence-corrected chi connectivity index (χ2v) is 14.6. The van der Waals surface area contributed by atoms with Gasteiger partial charge in [-0.05, 0) is 55.9 Å². The summed E-state index contributed by atoms with van der Waals surface area (Å²) < 4.78 is 68.6. The highest BCUT2D eigenvalue weighted by Gasteiger charge is 2.38. The van der Waals surface area contributed by atoms with Gasteiger partial charge >= 0.3 is 6.18 Å². The van der Waals surface area contributed by atoms with E-state index in [0.29, 0.717) is 45.1 Å². The summed E-state index contributed by atoms with van der Waals surface area (Å²) in [6.07, 6.45) is 6.51. The van der Waals surface area contributed by atoms with E-state index in [2.05, 4.69) is 28.4 Å². The summed E-state index contributed by atoms with van der Waals surface area (Å²) >= 11 is 0. The lowest BCUT2D eigenvalue weighted by atomic mass is 9.87. The number of aromatic nitrogens is 2. The molecule has 1 N–H and O–H groups in total. The lowest BCUT2D eigenvalue weighted by molar-refractivity contribution is -0.130. The molecule has 3 heterocycles. The zero-order valence-electron chi connectivity index (χ0n) is 22.2. The molecule has 2 aliphatic heterocycles. The fraction of sp³-hybridized carbons (Fsp3) is 0.769. The minimum atomic E-state index is -4.46. The Morgan fingerprint density at radius 3 is 2.30 bits per heavy atom. The second-order valence-electron chi connectivity index (χ2n) is 10.8. The first-order chi connectivity index (χ1) is 17.4. The smallest absolute Gasteiger partial charge is 0.381 e. The maximum atomic E-state index is 12.9. The topological polar surface area (TPSA) is 78.8 Å². The number of hydrogen-bond acceptors (Lipinski definition) is 5. The molecule has 0 aromatic carbocycles. The van der Waals surface area contributed by atoms with Crippen LogP contribution in [0.5, 0.6) is 0 Å². The third-order valence-electron chi connectivity index (χ3n) is 7.74. The van der Waals surface area contributed by atoms with E-state index < -0.39 is 27.9 Å². The molecule has 0 saturated carbocycles. The maximum absolute atomic E-state index is 12.9. The third-order valence-corrected chi connectivity index (χ3v) is 10.6. The van der Waals surface area contributed by atoms with Crippen molar-refractivity contribution in [2.45, 2.75) is 58.0 Å². The molecule has 1 aromatic rings. The second kappa shape index (κ2) is 12.5. The van der Waals surface area contributed by atoms with Crippen molar-refractivity contribution in [2.75, 3.05) is 56.3 Å². The normalized spacial score (nSPS) is 20.9. The molecule has 0 unspecified atom stereocenters. The number of rotatable bonds is 12. The van der Waals surface area contributed by atoms with Crippen LogP contribution in [0, 0.1) is 17.8 Å².